The van der Waals surface area contributed by atoms with E-state index in [0.29, 0.717) is 35.8 Å². The van der Waals surface area contributed by atoms with Crippen molar-refractivity contribution in [2.45, 2.75) is 12.1 Å². The van der Waals surface area contributed by atoms with E-state index < -0.39 is 0 Å². The molecule has 0 saturated carbocycles. The predicted molar refractivity (Wildman–Crippen MR) is 119 cm³/mol. The van der Waals surface area contributed by atoms with Gasteiger partial charge >= 0.3 is 0 Å². The summed E-state index contributed by atoms with van der Waals surface area (Å²) in [4.78, 5) is 12.1. The molecule has 3 aromatic rings. The van der Waals surface area contributed by atoms with Crippen molar-refractivity contribution >= 4 is 29.3 Å². The van der Waals surface area contributed by atoms with Gasteiger partial charge in [-0.25, -0.2) is 0 Å². The van der Waals surface area contributed by atoms with Crippen LogP contribution in [-0.4, -0.2) is 53.3 Å². The van der Waals surface area contributed by atoms with Gasteiger partial charge in [0.15, 0.2) is 11.0 Å². The second-order valence-electron chi connectivity index (χ2n) is 6.18. The van der Waals surface area contributed by atoms with E-state index in [9.17, 15) is 4.79 Å². The van der Waals surface area contributed by atoms with Gasteiger partial charge in [-0.2, -0.15) is 0 Å². The first-order chi connectivity index (χ1) is 14.6. The molecule has 0 saturated heterocycles. The van der Waals surface area contributed by atoms with Gasteiger partial charge in [-0.05, 0) is 43.3 Å². The fourth-order valence-corrected chi connectivity index (χ4v) is 3.75. The number of methoxy groups -OCH3 is 1. The molecular formula is C21H23ClN4O3S. The number of rotatable bonds is 10. The van der Waals surface area contributed by atoms with Crippen LogP contribution < -0.4 is 10.1 Å². The second kappa shape index (κ2) is 11.0. The van der Waals surface area contributed by atoms with Crippen molar-refractivity contribution in [3.05, 3.63) is 53.6 Å². The predicted octanol–water partition coefficient (Wildman–Crippen LogP) is 3.84. The standard InChI is InChI=1S/C21H23ClN4O3S/c1-3-29-16-10-8-15(9-11-16)26-20(17-6-4-5-7-18(17)22)24-25-21(26)30-14-19(27)23-12-13-28-2/h4-11H,3,12-14H2,1-2H3,(H,23,27). The average Bonchev–Trinajstić information content (AvgIpc) is 3.17. The number of benzene rings is 2. The molecule has 158 valence electrons. The number of carbonyl (C=O) groups excluding carboxylic acids is 1. The number of halogens is 1. The lowest BCUT2D eigenvalue weighted by atomic mass is 10.2. The van der Waals surface area contributed by atoms with Crippen LogP contribution in [0.4, 0.5) is 0 Å². The third kappa shape index (κ3) is 5.53. The Morgan fingerprint density at radius 3 is 2.63 bits per heavy atom. The summed E-state index contributed by atoms with van der Waals surface area (Å²) in [5, 5.41) is 12.6. The van der Waals surface area contributed by atoms with Crippen LogP contribution in [0.15, 0.2) is 53.7 Å². The zero-order valence-corrected chi connectivity index (χ0v) is 18.4. The zero-order valence-electron chi connectivity index (χ0n) is 16.8. The maximum absolute atomic E-state index is 12.1. The molecule has 0 radical (unpaired) electrons. The lowest BCUT2D eigenvalue weighted by Gasteiger charge is -2.12. The van der Waals surface area contributed by atoms with E-state index in [1.165, 1.54) is 11.8 Å². The highest BCUT2D eigenvalue weighted by Crippen LogP contribution is 2.32. The van der Waals surface area contributed by atoms with E-state index in [-0.39, 0.29) is 11.7 Å². The molecular weight excluding hydrogens is 424 g/mol. The summed E-state index contributed by atoms with van der Waals surface area (Å²) in [5.74, 6) is 1.49. The Bertz CT molecular complexity index is 979. The van der Waals surface area contributed by atoms with Crippen molar-refractivity contribution < 1.29 is 14.3 Å². The van der Waals surface area contributed by atoms with E-state index >= 15 is 0 Å². The van der Waals surface area contributed by atoms with Crippen LogP contribution in [0.3, 0.4) is 0 Å². The first-order valence-corrected chi connectivity index (χ1v) is 10.8. The lowest BCUT2D eigenvalue weighted by Crippen LogP contribution is -2.28. The number of nitrogens with zero attached hydrogens (tertiary/aromatic N) is 3. The van der Waals surface area contributed by atoms with E-state index in [4.69, 9.17) is 21.1 Å². The van der Waals surface area contributed by atoms with Crippen LogP contribution in [-0.2, 0) is 9.53 Å². The Kier molecular flexibility index (Phi) is 8.12. The second-order valence-corrected chi connectivity index (χ2v) is 7.53. The molecule has 0 aliphatic rings. The number of nitrogens with one attached hydrogen (secondary N) is 1. The summed E-state index contributed by atoms with van der Waals surface area (Å²) in [6.45, 7) is 3.47. The fraction of sp³-hybridized carbons (Fsp3) is 0.286. The van der Waals surface area contributed by atoms with Crippen molar-refractivity contribution in [2.24, 2.45) is 0 Å². The number of hydrogen-bond donors (Lipinski definition) is 1. The fourth-order valence-electron chi connectivity index (χ4n) is 2.74. The van der Waals surface area contributed by atoms with Gasteiger partial charge in [0.2, 0.25) is 5.91 Å². The van der Waals surface area contributed by atoms with Gasteiger partial charge in [0, 0.05) is 24.9 Å². The van der Waals surface area contributed by atoms with Crippen LogP contribution in [0.1, 0.15) is 6.92 Å². The van der Waals surface area contributed by atoms with Crippen molar-refractivity contribution in [3.63, 3.8) is 0 Å². The normalized spacial score (nSPS) is 10.8. The van der Waals surface area contributed by atoms with Crippen LogP contribution in [0.2, 0.25) is 5.02 Å². The van der Waals surface area contributed by atoms with Crippen molar-refractivity contribution in [1.82, 2.24) is 20.1 Å². The molecule has 1 N–H and O–H groups in total. The molecule has 0 fully saturated rings. The smallest absolute Gasteiger partial charge is 0.230 e. The topological polar surface area (TPSA) is 78.3 Å². The highest BCUT2D eigenvalue weighted by Gasteiger charge is 2.19. The summed E-state index contributed by atoms with van der Waals surface area (Å²) in [5.41, 5.74) is 1.61. The van der Waals surface area contributed by atoms with Gasteiger partial charge < -0.3 is 14.8 Å². The average molecular weight is 447 g/mol. The number of ether oxygens (including phenoxy) is 2. The minimum absolute atomic E-state index is 0.0995. The largest absolute Gasteiger partial charge is 0.494 e. The molecule has 0 aliphatic heterocycles. The molecule has 0 spiro atoms. The number of carbonyl (C=O) groups is 1. The summed E-state index contributed by atoms with van der Waals surface area (Å²) in [6.07, 6.45) is 0. The number of hydrogen-bond acceptors (Lipinski definition) is 6. The van der Waals surface area contributed by atoms with Gasteiger partial charge in [-0.3, -0.25) is 9.36 Å². The monoisotopic (exact) mass is 446 g/mol. The highest BCUT2D eigenvalue weighted by atomic mass is 35.5. The minimum atomic E-state index is -0.0995. The molecule has 0 unspecified atom stereocenters. The third-order valence-electron chi connectivity index (χ3n) is 4.11. The van der Waals surface area contributed by atoms with Crippen LogP contribution in [0.5, 0.6) is 5.75 Å². The number of amides is 1. The van der Waals surface area contributed by atoms with Crippen molar-refractivity contribution in [2.75, 3.05) is 32.6 Å². The molecule has 3 rings (SSSR count). The van der Waals surface area contributed by atoms with Gasteiger partial charge in [0.1, 0.15) is 5.75 Å². The number of thioether (sulfide) groups is 1. The molecule has 1 heterocycles. The summed E-state index contributed by atoms with van der Waals surface area (Å²) < 4.78 is 12.4. The Morgan fingerprint density at radius 1 is 1.17 bits per heavy atom. The summed E-state index contributed by atoms with van der Waals surface area (Å²) >= 11 is 7.71. The van der Waals surface area contributed by atoms with Gasteiger partial charge in [0.25, 0.3) is 0 Å². The Hall–Kier alpha value is -2.55. The quantitative estimate of drug-likeness (QED) is 0.376. The molecule has 0 aliphatic carbocycles. The van der Waals surface area contributed by atoms with Gasteiger partial charge in [0.05, 0.1) is 24.0 Å². The minimum Gasteiger partial charge on any atom is -0.494 e. The summed E-state index contributed by atoms with van der Waals surface area (Å²) in [6, 6.07) is 15.1. The molecule has 1 aromatic heterocycles. The van der Waals surface area contributed by atoms with Crippen LogP contribution in [0.25, 0.3) is 17.1 Å². The SMILES string of the molecule is CCOc1ccc(-n2c(SCC(=O)NCCOC)nnc2-c2ccccc2Cl)cc1. The van der Waals surface area contributed by atoms with Crippen LogP contribution in [0, 0.1) is 0 Å². The van der Waals surface area contributed by atoms with Gasteiger partial charge in [-0.15, -0.1) is 10.2 Å². The molecule has 2 aromatic carbocycles. The maximum atomic E-state index is 12.1. The van der Waals surface area contributed by atoms with E-state index in [0.717, 1.165) is 17.0 Å². The first kappa shape index (κ1) is 22.1. The molecule has 30 heavy (non-hydrogen) atoms. The maximum Gasteiger partial charge on any atom is 0.230 e. The van der Waals surface area contributed by atoms with Crippen molar-refractivity contribution in [3.8, 4) is 22.8 Å². The van der Waals surface area contributed by atoms with E-state index in [1.54, 1.807) is 7.11 Å². The Balaban J connectivity index is 1.91. The van der Waals surface area contributed by atoms with Gasteiger partial charge in [-0.1, -0.05) is 35.5 Å². The van der Waals surface area contributed by atoms with E-state index in [2.05, 4.69) is 15.5 Å². The van der Waals surface area contributed by atoms with Crippen LogP contribution >= 0.6 is 23.4 Å². The zero-order chi connectivity index (χ0) is 21.3. The molecule has 7 nitrogen and oxygen atoms in total. The lowest BCUT2D eigenvalue weighted by molar-refractivity contribution is -0.118. The third-order valence-corrected chi connectivity index (χ3v) is 5.37. The number of aromatic nitrogens is 3. The summed E-state index contributed by atoms with van der Waals surface area (Å²) in [7, 11) is 1.59. The molecule has 1 amide bonds. The molecule has 0 atom stereocenters. The Morgan fingerprint density at radius 2 is 1.93 bits per heavy atom. The highest BCUT2D eigenvalue weighted by molar-refractivity contribution is 7.99. The molecule has 0 bridgehead atoms. The Labute approximate surface area is 184 Å². The van der Waals surface area contributed by atoms with Crippen molar-refractivity contribution in [1.29, 1.82) is 0 Å². The van der Waals surface area contributed by atoms with E-state index in [1.807, 2.05) is 60.0 Å². The molecule has 9 heteroatoms. The first-order valence-electron chi connectivity index (χ1n) is 9.46.